The molecule has 5 heteroatoms. The van der Waals surface area contributed by atoms with Crippen molar-refractivity contribution in [2.75, 3.05) is 31.6 Å². The van der Waals surface area contributed by atoms with Crippen molar-refractivity contribution in [2.24, 2.45) is 0 Å². The van der Waals surface area contributed by atoms with Gasteiger partial charge in [0.15, 0.2) is 5.11 Å². The van der Waals surface area contributed by atoms with Gasteiger partial charge in [-0.15, -0.1) is 0 Å². The Morgan fingerprint density at radius 3 is 2.61 bits per heavy atom. The second-order valence-electron chi connectivity index (χ2n) is 6.50. The van der Waals surface area contributed by atoms with E-state index in [1.54, 1.807) is 0 Å². The number of anilines is 1. The van der Waals surface area contributed by atoms with Crippen LogP contribution in [0.4, 0.5) is 5.69 Å². The first-order chi connectivity index (χ1) is 11.3. The number of piperidine rings is 1. The number of hydrogen-bond donors (Lipinski definition) is 2. The standard InChI is InChI=1S/C18H27N3OS/c23-18(19-13-17-5-4-12-22-17)20-16-8-6-15(7-9-16)14-21-10-2-1-3-11-21/h6-9,17H,1-5,10-14H2,(H2,19,20,23). The van der Waals surface area contributed by atoms with Crippen molar-refractivity contribution in [1.29, 1.82) is 0 Å². The summed E-state index contributed by atoms with van der Waals surface area (Å²) in [6.07, 6.45) is 6.65. The summed E-state index contributed by atoms with van der Waals surface area (Å²) in [6.45, 7) is 5.19. The summed E-state index contributed by atoms with van der Waals surface area (Å²) in [5, 5.41) is 7.16. The Kier molecular flexibility index (Phi) is 6.25. The Hall–Kier alpha value is -1.17. The molecule has 2 saturated heterocycles. The fourth-order valence-electron chi connectivity index (χ4n) is 3.26. The molecule has 1 aromatic rings. The molecule has 0 aliphatic carbocycles. The highest BCUT2D eigenvalue weighted by molar-refractivity contribution is 7.80. The SMILES string of the molecule is S=C(NCC1CCCO1)Nc1ccc(CN2CCCCC2)cc1. The molecule has 0 bridgehead atoms. The van der Waals surface area contributed by atoms with Crippen LogP contribution in [0, 0.1) is 0 Å². The van der Waals surface area contributed by atoms with Crippen LogP contribution >= 0.6 is 12.2 Å². The molecule has 2 aliphatic rings. The van der Waals surface area contributed by atoms with Gasteiger partial charge in [0.2, 0.25) is 0 Å². The zero-order valence-electron chi connectivity index (χ0n) is 13.7. The molecule has 2 fully saturated rings. The van der Waals surface area contributed by atoms with Crippen molar-refractivity contribution in [2.45, 2.75) is 44.8 Å². The smallest absolute Gasteiger partial charge is 0.170 e. The van der Waals surface area contributed by atoms with Gasteiger partial charge in [0.25, 0.3) is 0 Å². The quantitative estimate of drug-likeness (QED) is 0.810. The van der Waals surface area contributed by atoms with Gasteiger partial charge in [-0.3, -0.25) is 4.90 Å². The number of rotatable bonds is 5. The van der Waals surface area contributed by atoms with Crippen LogP contribution in [0.15, 0.2) is 24.3 Å². The zero-order valence-corrected chi connectivity index (χ0v) is 14.5. The first kappa shape index (κ1) is 16.7. The van der Waals surface area contributed by atoms with Crippen LogP contribution in [0.25, 0.3) is 0 Å². The second-order valence-corrected chi connectivity index (χ2v) is 6.91. The van der Waals surface area contributed by atoms with Crippen LogP contribution < -0.4 is 10.6 Å². The largest absolute Gasteiger partial charge is 0.376 e. The van der Waals surface area contributed by atoms with Crippen molar-refractivity contribution in [3.63, 3.8) is 0 Å². The molecule has 0 saturated carbocycles. The topological polar surface area (TPSA) is 36.5 Å². The minimum atomic E-state index is 0.307. The van der Waals surface area contributed by atoms with Crippen molar-refractivity contribution < 1.29 is 4.74 Å². The second kappa shape index (κ2) is 8.62. The summed E-state index contributed by atoms with van der Waals surface area (Å²) in [6, 6.07) is 8.61. The molecular weight excluding hydrogens is 306 g/mol. The molecule has 1 unspecified atom stereocenters. The summed E-state index contributed by atoms with van der Waals surface area (Å²) in [7, 11) is 0. The van der Waals surface area contributed by atoms with Gasteiger partial charge in [0, 0.05) is 25.4 Å². The van der Waals surface area contributed by atoms with E-state index in [1.807, 2.05) is 0 Å². The van der Waals surface area contributed by atoms with Crippen LogP contribution in [-0.2, 0) is 11.3 Å². The van der Waals surface area contributed by atoms with Gasteiger partial charge < -0.3 is 15.4 Å². The average molecular weight is 334 g/mol. The molecular formula is C18H27N3OS. The number of likely N-dealkylation sites (tertiary alicyclic amines) is 1. The van der Waals surface area contributed by atoms with E-state index in [0.29, 0.717) is 11.2 Å². The molecule has 0 spiro atoms. The van der Waals surface area contributed by atoms with Crippen LogP contribution in [0.2, 0.25) is 0 Å². The normalized spacial score (nSPS) is 22.0. The molecule has 1 aromatic carbocycles. The van der Waals surface area contributed by atoms with Crippen molar-refractivity contribution in [3.8, 4) is 0 Å². The van der Waals surface area contributed by atoms with Crippen molar-refractivity contribution in [1.82, 2.24) is 10.2 Å². The highest BCUT2D eigenvalue weighted by atomic mass is 32.1. The maximum absolute atomic E-state index is 5.59. The van der Waals surface area contributed by atoms with Gasteiger partial charge in [0.05, 0.1) is 6.10 Å². The van der Waals surface area contributed by atoms with E-state index in [0.717, 1.165) is 38.2 Å². The number of benzene rings is 1. The van der Waals surface area contributed by atoms with Crippen molar-refractivity contribution in [3.05, 3.63) is 29.8 Å². The summed E-state index contributed by atoms with van der Waals surface area (Å²) < 4.78 is 5.59. The van der Waals surface area contributed by atoms with Gasteiger partial charge in [-0.25, -0.2) is 0 Å². The minimum absolute atomic E-state index is 0.307. The fourth-order valence-corrected chi connectivity index (χ4v) is 3.46. The molecule has 3 rings (SSSR count). The number of nitrogens with zero attached hydrogens (tertiary/aromatic N) is 1. The third-order valence-corrected chi connectivity index (χ3v) is 4.83. The molecule has 4 nitrogen and oxygen atoms in total. The first-order valence-corrected chi connectivity index (χ1v) is 9.18. The third kappa shape index (κ3) is 5.44. The maximum Gasteiger partial charge on any atom is 0.170 e. The third-order valence-electron chi connectivity index (χ3n) is 4.58. The molecule has 2 heterocycles. The molecule has 0 amide bonds. The fraction of sp³-hybridized carbons (Fsp3) is 0.611. The molecule has 2 N–H and O–H groups in total. The summed E-state index contributed by atoms with van der Waals surface area (Å²) in [5.41, 5.74) is 2.41. The molecule has 0 aromatic heterocycles. The van der Waals surface area contributed by atoms with Gasteiger partial charge in [0.1, 0.15) is 0 Å². The summed E-state index contributed by atoms with van der Waals surface area (Å²) in [5.74, 6) is 0. The van der Waals surface area contributed by atoms with Crippen LogP contribution in [0.5, 0.6) is 0 Å². The van der Waals surface area contributed by atoms with E-state index >= 15 is 0 Å². The van der Waals surface area contributed by atoms with Crippen molar-refractivity contribution >= 4 is 23.0 Å². The molecule has 2 aliphatic heterocycles. The van der Waals surface area contributed by atoms with Gasteiger partial charge in [-0.2, -0.15) is 0 Å². The monoisotopic (exact) mass is 333 g/mol. The number of hydrogen-bond acceptors (Lipinski definition) is 3. The maximum atomic E-state index is 5.59. The Morgan fingerprint density at radius 1 is 1.13 bits per heavy atom. The lowest BCUT2D eigenvalue weighted by Crippen LogP contribution is -2.34. The van der Waals surface area contributed by atoms with E-state index in [2.05, 4.69) is 39.8 Å². The average Bonchev–Trinajstić information content (AvgIpc) is 3.09. The lowest BCUT2D eigenvalue weighted by atomic mass is 10.1. The van der Waals surface area contributed by atoms with E-state index in [9.17, 15) is 0 Å². The Bertz CT molecular complexity index is 493. The highest BCUT2D eigenvalue weighted by Gasteiger charge is 2.15. The Labute approximate surface area is 144 Å². The summed E-state index contributed by atoms with van der Waals surface area (Å²) >= 11 is 5.35. The Balaban J connectivity index is 1.42. The van der Waals surface area contributed by atoms with Crippen LogP contribution in [0.1, 0.15) is 37.7 Å². The van der Waals surface area contributed by atoms with Crippen LogP contribution in [-0.4, -0.2) is 42.4 Å². The van der Waals surface area contributed by atoms with Gasteiger partial charge >= 0.3 is 0 Å². The molecule has 23 heavy (non-hydrogen) atoms. The predicted molar refractivity (Wildman–Crippen MR) is 98.8 cm³/mol. The Morgan fingerprint density at radius 2 is 1.91 bits per heavy atom. The van der Waals surface area contributed by atoms with Gasteiger partial charge in [-0.05, 0) is 68.7 Å². The van der Waals surface area contributed by atoms with E-state index in [-0.39, 0.29) is 0 Å². The van der Waals surface area contributed by atoms with E-state index in [4.69, 9.17) is 17.0 Å². The minimum Gasteiger partial charge on any atom is -0.376 e. The number of nitrogens with one attached hydrogen (secondary N) is 2. The molecule has 1 atom stereocenters. The lowest BCUT2D eigenvalue weighted by molar-refractivity contribution is 0.114. The summed E-state index contributed by atoms with van der Waals surface area (Å²) in [4.78, 5) is 2.54. The number of ether oxygens (including phenoxy) is 1. The van der Waals surface area contributed by atoms with E-state index in [1.165, 1.54) is 37.9 Å². The predicted octanol–water partition coefficient (Wildman–Crippen LogP) is 3.14. The van der Waals surface area contributed by atoms with E-state index < -0.39 is 0 Å². The molecule has 0 radical (unpaired) electrons. The van der Waals surface area contributed by atoms with Gasteiger partial charge in [-0.1, -0.05) is 18.6 Å². The lowest BCUT2D eigenvalue weighted by Gasteiger charge is -2.26. The first-order valence-electron chi connectivity index (χ1n) is 8.77. The highest BCUT2D eigenvalue weighted by Crippen LogP contribution is 2.15. The van der Waals surface area contributed by atoms with Crippen LogP contribution in [0.3, 0.4) is 0 Å². The zero-order chi connectivity index (χ0) is 15.9. The molecule has 126 valence electrons. The number of thiocarbonyl (C=S) groups is 1.